The third-order valence-electron chi connectivity index (χ3n) is 2.27. The predicted octanol–water partition coefficient (Wildman–Crippen LogP) is 3.86. The lowest BCUT2D eigenvalue weighted by Crippen LogP contribution is -2.10. The van der Waals surface area contributed by atoms with Crippen molar-refractivity contribution >= 4 is 21.6 Å². The largest absolute Gasteiger partial charge is 0.467 e. The van der Waals surface area contributed by atoms with Gasteiger partial charge >= 0.3 is 0 Å². The van der Waals surface area contributed by atoms with E-state index in [0.29, 0.717) is 0 Å². The van der Waals surface area contributed by atoms with Gasteiger partial charge in [-0.25, -0.2) is 4.98 Å². The third-order valence-corrected chi connectivity index (χ3v) is 3.20. The van der Waals surface area contributed by atoms with Crippen LogP contribution < -0.4 is 4.74 Å². The summed E-state index contributed by atoms with van der Waals surface area (Å²) < 4.78 is 6.94. The first-order chi connectivity index (χ1) is 7.29. The minimum Gasteiger partial charge on any atom is -0.467 e. The lowest BCUT2D eigenvalue weighted by Gasteiger charge is -2.09. The maximum absolute atomic E-state index is 5.75. The lowest BCUT2D eigenvalue weighted by molar-refractivity contribution is 0.209. The van der Waals surface area contributed by atoms with Crippen molar-refractivity contribution in [2.45, 2.75) is 32.8 Å². The second kappa shape index (κ2) is 4.62. The van der Waals surface area contributed by atoms with Crippen molar-refractivity contribution in [1.29, 1.82) is 0 Å². The van der Waals surface area contributed by atoms with E-state index < -0.39 is 0 Å². The highest BCUT2D eigenvalue weighted by Gasteiger charge is 2.07. The first-order valence-corrected chi connectivity index (χ1v) is 6.13. The minimum atomic E-state index is 0.260. The van der Waals surface area contributed by atoms with Crippen LogP contribution in [0, 0.1) is 0 Å². The number of hydrogen-bond acceptors (Lipinski definition) is 3. The van der Waals surface area contributed by atoms with Gasteiger partial charge in [0.1, 0.15) is 0 Å². The van der Waals surface area contributed by atoms with Crippen molar-refractivity contribution < 1.29 is 4.74 Å². The van der Waals surface area contributed by atoms with Gasteiger partial charge < -0.3 is 4.74 Å². The quantitative estimate of drug-likeness (QED) is 0.782. The highest BCUT2D eigenvalue weighted by molar-refractivity contribution is 7.20. The fourth-order valence-corrected chi connectivity index (χ4v) is 2.45. The van der Waals surface area contributed by atoms with Gasteiger partial charge in [0.2, 0.25) is 0 Å². The van der Waals surface area contributed by atoms with E-state index in [9.17, 15) is 0 Å². The molecule has 1 aromatic heterocycles. The summed E-state index contributed by atoms with van der Waals surface area (Å²) in [4.78, 5) is 4.43. The summed E-state index contributed by atoms with van der Waals surface area (Å²) in [7, 11) is 0. The van der Waals surface area contributed by atoms with Crippen molar-refractivity contribution in [3.8, 4) is 5.19 Å². The van der Waals surface area contributed by atoms with Crippen molar-refractivity contribution in [3.63, 3.8) is 0 Å². The number of hydrogen-bond donors (Lipinski definition) is 0. The Hall–Kier alpha value is -1.09. The molecule has 2 rings (SSSR count). The molecule has 0 spiro atoms. The molecule has 0 saturated carbocycles. The van der Waals surface area contributed by atoms with Gasteiger partial charge in [-0.3, -0.25) is 0 Å². The van der Waals surface area contributed by atoms with Gasteiger partial charge in [-0.05, 0) is 25.5 Å². The molecule has 0 saturated heterocycles. The average molecular weight is 221 g/mol. The Labute approximate surface area is 93.9 Å². The molecule has 0 aliphatic heterocycles. The average Bonchev–Trinajstić information content (AvgIpc) is 2.59. The van der Waals surface area contributed by atoms with Crippen LogP contribution in [0.5, 0.6) is 5.19 Å². The van der Waals surface area contributed by atoms with Crippen LogP contribution in [0.1, 0.15) is 26.7 Å². The molecule has 1 aromatic carbocycles. The lowest BCUT2D eigenvalue weighted by atomic mass is 10.2. The molecule has 0 aliphatic carbocycles. The summed E-state index contributed by atoms with van der Waals surface area (Å²) >= 11 is 1.62. The van der Waals surface area contributed by atoms with Crippen LogP contribution in [0.15, 0.2) is 24.3 Å². The molecule has 3 heteroatoms. The second-order valence-corrected chi connectivity index (χ2v) is 4.66. The Morgan fingerprint density at radius 3 is 2.93 bits per heavy atom. The predicted molar refractivity (Wildman–Crippen MR) is 64.6 cm³/mol. The molecule has 15 heavy (non-hydrogen) atoms. The topological polar surface area (TPSA) is 22.1 Å². The van der Waals surface area contributed by atoms with Crippen LogP contribution in [0.2, 0.25) is 0 Å². The van der Waals surface area contributed by atoms with Crippen LogP contribution in [-0.2, 0) is 0 Å². The summed E-state index contributed by atoms with van der Waals surface area (Å²) in [5.74, 6) is 0. The number of para-hydroxylation sites is 1. The Bertz CT molecular complexity index is 405. The van der Waals surface area contributed by atoms with E-state index in [4.69, 9.17) is 4.74 Å². The summed E-state index contributed by atoms with van der Waals surface area (Å²) in [6.07, 6.45) is 2.48. The molecule has 1 heterocycles. The maximum atomic E-state index is 5.75. The van der Waals surface area contributed by atoms with E-state index in [1.54, 1.807) is 11.3 Å². The molecule has 0 fully saturated rings. The van der Waals surface area contributed by atoms with Gasteiger partial charge in [-0.2, -0.15) is 0 Å². The molecule has 1 atom stereocenters. The molecule has 0 bridgehead atoms. The zero-order valence-corrected chi connectivity index (χ0v) is 9.88. The first kappa shape index (κ1) is 10.4. The van der Waals surface area contributed by atoms with Crippen LogP contribution in [0.3, 0.4) is 0 Å². The van der Waals surface area contributed by atoms with Crippen LogP contribution in [-0.4, -0.2) is 11.1 Å². The molecule has 0 radical (unpaired) electrons. The molecule has 80 valence electrons. The fraction of sp³-hybridized carbons (Fsp3) is 0.417. The van der Waals surface area contributed by atoms with Gasteiger partial charge in [-0.1, -0.05) is 36.8 Å². The van der Waals surface area contributed by atoms with Gasteiger partial charge in [0.05, 0.1) is 16.3 Å². The molecular formula is C12H15NOS. The number of benzene rings is 1. The normalized spacial score (nSPS) is 12.9. The molecule has 2 nitrogen and oxygen atoms in total. The van der Waals surface area contributed by atoms with Crippen LogP contribution in [0.25, 0.3) is 10.2 Å². The molecule has 1 unspecified atom stereocenters. The Morgan fingerprint density at radius 1 is 1.40 bits per heavy atom. The van der Waals surface area contributed by atoms with E-state index in [2.05, 4.69) is 24.9 Å². The molecule has 0 aliphatic rings. The smallest absolute Gasteiger partial charge is 0.274 e. The van der Waals surface area contributed by atoms with E-state index in [-0.39, 0.29) is 6.10 Å². The van der Waals surface area contributed by atoms with E-state index in [1.807, 2.05) is 18.2 Å². The monoisotopic (exact) mass is 221 g/mol. The van der Waals surface area contributed by atoms with Crippen molar-refractivity contribution in [2.24, 2.45) is 0 Å². The standard InChI is InChI=1S/C12H15NOS/c1-3-6-9(2)14-12-13-10-7-4-5-8-11(10)15-12/h4-5,7-9H,3,6H2,1-2H3. The number of nitrogens with zero attached hydrogens (tertiary/aromatic N) is 1. The maximum Gasteiger partial charge on any atom is 0.274 e. The zero-order valence-electron chi connectivity index (χ0n) is 9.06. The molecule has 0 N–H and O–H groups in total. The van der Waals surface area contributed by atoms with Gasteiger partial charge in [0.15, 0.2) is 0 Å². The minimum absolute atomic E-state index is 0.260. The van der Waals surface area contributed by atoms with E-state index in [1.165, 1.54) is 4.70 Å². The number of thiazole rings is 1. The van der Waals surface area contributed by atoms with Crippen molar-refractivity contribution in [3.05, 3.63) is 24.3 Å². The van der Waals surface area contributed by atoms with Crippen molar-refractivity contribution in [2.75, 3.05) is 0 Å². The van der Waals surface area contributed by atoms with Gasteiger partial charge in [-0.15, -0.1) is 0 Å². The zero-order chi connectivity index (χ0) is 10.7. The molecule has 2 aromatic rings. The highest BCUT2D eigenvalue weighted by atomic mass is 32.1. The Kier molecular flexibility index (Phi) is 3.21. The number of aromatic nitrogens is 1. The number of fused-ring (bicyclic) bond motifs is 1. The second-order valence-electron chi connectivity index (χ2n) is 3.66. The first-order valence-electron chi connectivity index (χ1n) is 5.32. The number of ether oxygens (including phenoxy) is 1. The number of rotatable bonds is 4. The van der Waals surface area contributed by atoms with Gasteiger partial charge in [0, 0.05) is 0 Å². The van der Waals surface area contributed by atoms with Crippen LogP contribution in [0.4, 0.5) is 0 Å². The molecular weight excluding hydrogens is 206 g/mol. The summed E-state index contributed by atoms with van der Waals surface area (Å²) in [5, 5.41) is 0.789. The van der Waals surface area contributed by atoms with E-state index >= 15 is 0 Å². The summed E-state index contributed by atoms with van der Waals surface area (Å²) in [6, 6.07) is 8.12. The molecule has 0 amide bonds. The van der Waals surface area contributed by atoms with Crippen LogP contribution >= 0.6 is 11.3 Å². The Morgan fingerprint density at radius 2 is 2.20 bits per heavy atom. The Balaban J connectivity index is 2.15. The fourth-order valence-electron chi connectivity index (χ4n) is 1.54. The van der Waals surface area contributed by atoms with E-state index in [0.717, 1.165) is 23.6 Å². The van der Waals surface area contributed by atoms with Crippen molar-refractivity contribution in [1.82, 2.24) is 4.98 Å². The van der Waals surface area contributed by atoms with Gasteiger partial charge in [0.25, 0.3) is 5.19 Å². The summed E-state index contributed by atoms with van der Waals surface area (Å²) in [6.45, 7) is 4.26. The SMILES string of the molecule is CCCC(C)Oc1nc2ccccc2s1. The highest BCUT2D eigenvalue weighted by Crippen LogP contribution is 2.28. The third kappa shape index (κ3) is 2.48. The summed E-state index contributed by atoms with van der Waals surface area (Å²) in [5.41, 5.74) is 1.03.